The molecule has 1 heterocycles. The Hall–Kier alpha value is -0.880. The molecule has 1 aromatic rings. The van der Waals surface area contributed by atoms with Gasteiger partial charge in [-0.2, -0.15) is 0 Å². The Morgan fingerprint density at radius 3 is 2.40 bits per heavy atom. The summed E-state index contributed by atoms with van der Waals surface area (Å²) >= 11 is 6.18. The lowest BCUT2D eigenvalue weighted by atomic mass is 10.2. The zero-order valence-electron chi connectivity index (χ0n) is 9.16. The van der Waals surface area contributed by atoms with E-state index in [0.29, 0.717) is 14.6 Å². The van der Waals surface area contributed by atoms with Crippen molar-refractivity contribution in [2.45, 2.75) is 26.4 Å². The van der Waals surface area contributed by atoms with Crippen LogP contribution in [0.3, 0.4) is 0 Å². The van der Waals surface area contributed by atoms with E-state index in [4.69, 9.17) is 22.7 Å². The summed E-state index contributed by atoms with van der Waals surface area (Å²) in [6.07, 6.45) is 0. The van der Waals surface area contributed by atoms with Gasteiger partial charge >= 0.3 is 5.97 Å². The average molecular weight is 246 g/mol. The first-order valence-electron chi connectivity index (χ1n) is 4.41. The number of carbonyl (C=O) groups excluding carboxylic acids is 1. The minimum atomic E-state index is -0.520. The second-order valence-electron chi connectivity index (χ2n) is 4.14. The van der Waals surface area contributed by atoms with Gasteiger partial charge in [-0.3, -0.25) is 0 Å². The molecule has 6 heteroatoms. The lowest BCUT2D eigenvalue weighted by Crippen LogP contribution is -2.24. The molecular formula is C9H14N2O2S2. The van der Waals surface area contributed by atoms with Crippen LogP contribution in [0.1, 0.15) is 30.4 Å². The van der Waals surface area contributed by atoms with Crippen molar-refractivity contribution in [1.29, 1.82) is 0 Å². The van der Waals surface area contributed by atoms with Crippen LogP contribution < -0.4 is 5.73 Å². The minimum Gasteiger partial charge on any atom is -0.456 e. The van der Waals surface area contributed by atoms with Crippen molar-refractivity contribution in [1.82, 2.24) is 4.57 Å². The molecule has 0 saturated carbocycles. The summed E-state index contributed by atoms with van der Waals surface area (Å²) in [5, 5.41) is 0. The number of ether oxygens (including phenoxy) is 1. The highest BCUT2D eigenvalue weighted by Crippen LogP contribution is 2.23. The summed E-state index contributed by atoms with van der Waals surface area (Å²) < 4.78 is 7.36. The van der Waals surface area contributed by atoms with Crippen LogP contribution in [-0.2, 0) is 11.8 Å². The number of nitrogens with two attached hydrogens (primary N) is 1. The molecule has 2 N–H and O–H groups in total. The number of esters is 1. The van der Waals surface area contributed by atoms with Gasteiger partial charge in [0.25, 0.3) is 0 Å². The monoisotopic (exact) mass is 246 g/mol. The summed E-state index contributed by atoms with van der Waals surface area (Å²) in [4.78, 5) is 12.1. The number of hydrogen-bond donors (Lipinski definition) is 1. The Bertz CT molecular complexity index is 440. The van der Waals surface area contributed by atoms with Crippen molar-refractivity contribution in [3.8, 4) is 0 Å². The topological polar surface area (TPSA) is 57.2 Å². The van der Waals surface area contributed by atoms with Gasteiger partial charge in [0, 0.05) is 7.05 Å². The largest absolute Gasteiger partial charge is 0.456 e. The fourth-order valence-electron chi connectivity index (χ4n) is 0.929. The fraction of sp³-hybridized carbons (Fsp3) is 0.556. The smallest absolute Gasteiger partial charge is 0.352 e. The van der Waals surface area contributed by atoms with E-state index in [1.807, 2.05) is 20.8 Å². The molecule has 0 aliphatic rings. The number of carbonyl (C=O) groups is 1. The number of thiazole rings is 1. The third kappa shape index (κ3) is 2.79. The van der Waals surface area contributed by atoms with E-state index in [2.05, 4.69) is 0 Å². The summed E-state index contributed by atoms with van der Waals surface area (Å²) in [5.74, 6) is -0.0593. The minimum absolute atomic E-state index is 0.360. The van der Waals surface area contributed by atoms with E-state index in [1.54, 1.807) is 11.6 Å². The molecule has 0 atom stereocenters. The standard InChI is InChI=1S/C9H14N2O2S2/c1-9(2,3)13-7(12)5-6(10)11(4)8(14)15-5/h10H2,1-4H3. The van der Waals surface area contributed by atoms with Crippen molar-refractivity contribution >= 4 is 35.3 Å². The van der Waals surface area contributed by atoms with Crippen LogP contribution >= 0.6 is 23.6 Å². The van der Waals surface area contributed by atoms with Crippen molar-refractivity contribution < 1.29 is 9.53 Å². The van der Waals surface area contributed by atoms with Gasteiger partial charge < -0.3 is 15.0 Å². The highest BCUT2D eigenvalue weighted by Gasteiger charge is 2.22. The Balaban J connectivity index is 3.03. The molecule has 1 aromatic heterocycles. The summed E-state index contributed by atoms with van der Waals surface area (Å²) in [6.45, 7) is 5.43. The van der Waals surface area contributed by atoms with Crippen molar-refractivity contribution in [2.75, 3.05) is 5.73 Å². The maximum atomic E-state index is 11.7. The zero-order valence-corrected chi connectivity index (χ0v) is 10.8. The second-order valence-corrected chi connectivity index (χ2v) is 5.79. The molecule has 0 aliphatic heterocycles. The summed E-state index contributed by atoms with van der Waals surface area (Å²) in [5.41, 5.74) is 5.21. The number of nitrogen functional groups attached to an aromatic ring is 1. The van der Waals surface area contributed by atoms with Gasteiger partial charge in [0.1, 0.15) is 11.4 Å². The molecule has 0 saturated heterocycles. The molecule has 1 rings (SSSR count). The maximum absolute atomic E-state index is 11.7. The van der Waals surface area contributed by atoms with E-state index in [1.165, 1.54) is 11.3 Å². The normalized spacial score (nSPS) is 11.5. The van der Waals surface area contributed by atoms with Crippen LogP contribution in [-0.4, -0.2) is 16.1 Å². The van der Waals surface area contributed by atoms with Crippen LogP contribution in [0, 0.1) is 3.95 Å². The highest BCUT2D eigenvalue weighted by molar-refractivity contribution is 7.73. The lowest BCUT2D eigenvalue weighted by molar-refractivity contribution is 0.00760. The molecule has 15 heavy (non-hydrogen) atoms. The maximum Gasteiger partial charge on any atom is 0.352 e. The molecule has 0 bridgehead atoms. The Labute approximate surface area is 97.7 Å². The molecule has 0 unspecified atom stereocenters. The van der Waals surface area contributed by atoms with Crippen LogP contribution in [0.15, 0.2) is 0 Å². The van der Waals surface area contributed by atoms with Gasteiger partial charge in [0.15, 0.2) is 8.83 Å². The van der Waals surface area contributed by atoms with Crippen molar-refractivity contribution in [3.05, 3.63) is 8.83 Å². The van der Waals surface area contributed by atoms with Crippen LogP contribution in [0.2, 0.25) is 0 Å². The average Bonchev–Trinajstić information content (AvgIpc) is 2.30. The first-order valence-corrected chi connectivity index (χ1v) is 5.63. The highest BCUT2D eigenvalue weighted by atomic mass is 32.1. The molecule has 84 valence electrons. The third-order valence-electron chi connectivity index (χ3n) is 1.64. The molecule has 0 radical (unpaired) electrons. The Kier molecular flexibility index (Phi) is 3.20. The quantitative estimate of drug-likeness (QED) is 0.610. The molecule has 0 fully saturated rings. The lowest BCUT2D eigenvalue weighted by Gasteiger charge is -2.18. The molecule has 0 aromatic carbocycles. The van der Waals surface area contributed by atoms with E-state index >= 15 is 0 Å². The second kappa shape index (κ2) is 3.94. The van der Waals surface area contributed by atoms with Gasteiger partial charge in [-0.05, 0) is 33.0 Å². The summed E-state index contributed by atoms with van der Waals surface area (Å²) in [6, 6.07) is 0. The number of anilines is 1. The SMILES string of the molecule is Cn1c(N)c(C(=O)OC(C)(C)C)sc1=S. The predicted molar refractivity (Wildman–Crippen MR) is 63.7 cm³/mol. The van der Waals surface area contributed by atoms with Gasteiger partial charge in [-0.15, -0.1) is 0 Å². The number of nitrogens with zero attached hydrogens (tertiary/aromatic N) is 1. The first kappa shape index (κ1) is 12.2. The van der Waals surface area contributed by atoms with Gasteiger partial charge in [0.2, 0.25) is 0 Å². The number of aromatic nitrogens is 1. The van der Waals surface area contributed by atoms with Gasteiger partial charge in [0.05, 0.1) is 0 Å². The van der Waals surface area contributed by atoms with E-state index < -0.39 is 11.6 Å². The Morgan fingerprint density at radius 1 is 1.53 bits per heavy atom. The molecule has 0 aliphatic carbocycles. The van der Waals surface area contributed by atoms with Crippen molar-refractivity contribution in [3.63, 3.8) is 0 Å². The third-order valence-corrected chi connectivity index (χ3v) is 3.19. The molecular weight excluding hydrogens is 232 g/mol. The van der Waals surface area contributed by atoms with Crippen molar-refractivity contribution in [2.24, 2.45) is 7.05 Å². The Morgan fingerprint density at radius 2 is 2.07 bits per heavy atom. The van der Waals surface area contributed by atoms with Crippen LogP contribution in [0.25, 0.3) is 0 Å². The van der Waals surface area contributed by atoms with E-state index in [0.717, 1.165) is 0 Å². The van der Waals surface area contributed by atoms with E-state index in [-0.39, 0.29) is 0 Å². The van der Waals surface area contributed by atoms with Gasteiger partial charge in [-0.25, -0.2) is 4.79 Å². The van der Waals surface area contributed by atoms with E-state index in [9.17, 15) is 4.79 Å². The fourth-order valence-corrected chi connectivity index (χ4v) is 2.05. The molecule has 0 spiro atoms. The zero-order chi connectivity index (χ0) is 11.8. The first-order chi connectivity index (χ1) is 6.72. The number of rotatable bonds is 1. The predicted octanol–water partition coefficient (Wildman–Crippen LogP) is 2.35. The summed E-state index contributed by atoms with van der Waals surface area (Å²) in [7, 11) is 1.72. The number of hydrogen-bond acceptors (Lipinski definition) is 5. The van der Waals surface area contributed by atoms with Crippen LogP contribution in [0.5, 0.6) is 0 Å². The van der Waals surface area contributed by atoms with Crippen LogP contribution in [0.4, 0.5) is 5.82 Å². The van der Waals surface area contributed by atoms with Gasteiger partial charge in [-0.1, -0.05) is 11.3 Å². The molecule has 0 amide bonds. The molecule has 4 nitrogen and oxygen atoms in total.